The molecule has 4 rings (SSSR count). The summed E-state index contributed by atoms with van der Waals surface area (Å²) in [6.07, 6.45) is 2.20. The highest BCUT2D eigenvalue weighted by atomic mass is 16.5. The molecule has 1 fully saturated rings. The highest BCUT2D eigenvalue weighted by Crippen LogP contribution is 2.38. The van der Waals surface area contributed by atoms with E-state index in [-0.39, 0.29) is 12.6 Å². The first-order chi connectivity index (χ1) is 12.9. The third-order valence-electron chi connectivity index (χ3n) is 4.69. The van der Waals surface area contributed by atoms with Crippen molar-refractivity contribution in [2.45, 2.75) is 51.3 Å². The Kier molecular flexibility index (Phi) is 4.41. The van der Waals surface area contributed by atoms with Gasteiger partial charge in [0.25, 0.3) is 0 Å². The van der Waals surface area contributed by atoms with Crippen molar-refractivity contribution in [1.82, 2.24) is 20.4 Å². The van der Waals surface area contributed by atoms with Gasteiger partial charge >= 0.3 is 6.03 Å². The summed E-state index contributed by atoms with van der Waals surface area (Å²) >= 11 is 0. The standard InChI is InChI=1S/C19H24N4O4/c1-19(2)11-23(10-13-6-7-14(25-3)8-15(13)26-19)18(24)20-9-16-21-17(27-22-16)12-4-5-12/h6-8,12H,4-5,9-11H2,1-3H3,(H,20,24). The molecule has 1 aliphatic heterocycles. The van der Waals surface area contributed by atoms with Crippen molar-refractivity contribution in [2.24, 2.45) is 0 Å². The number of benzene rings is 1. The molecule has 0 saturated heterocycles. The molecular weight excluding hydrogens is 348 g/mol. The van der Waals surface area contributed by atoms with Gasteiger partial charge in [-0.1, -0.05) is 5.16 Å². The van der Waals surface area contributed by atoms with Gasteiger partial charge in [-0.05, 0) is 38.8 Å². The smallest absolute Gasteiger partial charge is 0.318 e. The topological polar surface area (TPSA) is 89.7 Å². The van der Waals surface area contributed by atoms with Crippen LogP contribution in [-0.2, 0) is 13.1 Å². The zero-order valence-corrected chi connectivity index (χ0v) is 15.8. The molecule has 8 nitrogen and oxygen atoms in total. The first kappa shape index (κ1) is 17.6. The lowest BCUT2D eigenvalue weighted by Crippen LogP contribution is -2.47. The van der Waals surface area contributed by atoms with Crippen LogP contribution in [0.3, 0.4) is 0 Å². The lowest BCUT2D eigenvalue weighted by molar-refractivity contribution is 0.0804. The van der Waals surface area contributed by atoms with Crippen LogP contribution in [0.2, 0.25) is 0 Å². The Hall–Kier alpha value is -2.77. The molecule has 2 aromatic rings. The molecular formula is C19H24N4O4. The van der Waals surface area contributed by atoms with Crippen LogP contribution in [-0.4, -0.2) is 40.3 Å². The molecule has 1 aromatic heterocycles. The van der Waals surface area contributed by atoms with Crippen molar-refractivity contribution in [3.8, 4) is 11.5 Å². The van der Waals surface area contributed by atoms with E-state index < -0.39 is 5.60 Å². The second-order valence-electron chi connectivity index (χ2n) is 7.67. The highest BCUT2D eigenvalue weighted by molar-refractivity contribution is 5.74. The number of nitrogens with one attached hydrogen (secondary N) is 1. The van der Waals surface area contributed by atoms with Crippen molar-refractivity contribution in [3.05, 3.63) is 35.5 Å². The van der Waals surface area contributed by atoms with Crippen LogP contribution in [0.1, 0.15) is 49.9 Å². The van der Waals surface area contributed by atoms with Gasteiger partial charge < -0.3 is 24.2 Å². The highest BCUT2D eigenvalue weighted by Gasteiger charge is 2.32. The summed E-state index contributed by atoms with van der Waals surface area (Å²) in [6.45, 7) is 5.07. The summed E-state index contributed by atoms with van der Waals surface area (Å²) in [4.78, 5) is 18.8. The van der Waals surface area contributed by atoms with Gasteiger partial charge in [0.05, 0.1) is 26.7 Å². The van der Waals surface area contributed by atoms with Gasteiger partial charge in [-0.25, -0.2) is 4.79 Å². The lowest BCUT2D eigenvalue weighted by Gasteiger charge is -2.29. The van der Waals surface area contributed by atoms with Gasteiger partial charge in [0, 0.05) is 17.5 Å². The van der Waals surface area contributed by atoms with E-state index in [1.54, 1.807) is 12.0 Å². The molecule has 0 spiro atoms. The number of hydrogen-bond acceptors (Lipinski definition) is 6. The molecule has 0 unspecified atom stereocenters. The van der Waals surface area contributed by atoms with Crippen LogP contribution in [0, 0.1) is 0 Å². The third-order valence-corrected chi connectivity index (χ3v) is 4.69. The molecule has 2 amide bonds. The largest absolute Gasteiger partial charge is 0.497 e. The van der Waals surface area contributed by atoms with Crippen molar-refractivity contribution in [2.75, 3.05) is 13.7 Å². The molecule has 2 heterocycles. The molecule has 27 heavy (non-hydrogen) atoms. The first-order valence-corrected chi connectivity index (χ1v) is 9.15. The van der Waals surface area contributed by atoms with Crippen LogP contribution in [0.4, 0.5) is 4.79 Å². The predicted molar refractivity (Wildman–Crippen MR) is 96.6 cm³/mol. The predicted octanol–water partition coefficient (Wildman–Crippen LogP) is 2.84. The SMILES string of the molecule is COc1ccc2c(c1)OC(C)(C)CN(C(=O)NCc1noc(C3CC3)n1)C2. The van der Waals surface area contributed by atoms with Crippen molar-refractivity contribution in [1.29, 1.82) is 0 Å². The second kappa shape index (κ2) is 6.75. The molecule has 2 aliphatic rings. The van der Waals surface area contributed by atoms with Crippen LogP contribution < -0.4 is 14.8 Å². The number of fused-ring (bicyclic) bond motifs is 1. The Morgan fingerprint density at radius 1 is 1.41 bits per heavy atom. The van der Waals surface area contributed by atoms with E-state index in [1.807, 2.05) is 32.0 Å². The zero-order chi connectivity index (χ0) is 19.0. The summed E-state index contributed by atoms with van der Waals surface area (Å²) in [6, 6.07) is 5.47. The van der Waals surface area contributed by atoms with E-state index in [0.29, 0.717) is 30.7 Å². The third kappa shape index (κ3) is 3.99. The number of ether oxygens (including phenoxy) is 2. The number of carbonyl (C=O) groups excluding carboxylic acids is 1. The molecule has 0 bridgehead atoms. The summed E-state index contributed by atoms with van der Waals surface area (Å²) in [7, 11) is 1.62. The average Bonchev–Trinajstić information content (AvgIpc) is 3.40. The molecule has 1 saturated carbocycles. The van der Waals surface area contributed by atoms with Crippen LogP contribution >= 0.6 is 0 Å². The molecule has 8 heteroatoms. The van der Waals surface area contributed by atoms with Gasteiger partial charge in [-0.3, -0.25) is 0 Å². The molecule has 144 valence electrons. The fraction of sp³-hybridized carbons (Fsp3) is 0.526. The molecule has 1 N–H and O–H groups in total. The van der Waals surface area contributed by atoms with Gasteiger partial charge in [0.2, 0.25) is 5.89 Å². The summed E-state index contributed by atoms with van der Waals surface area (Å²) in [5.41, 5.74) is 0.410. The normalized spacial score (nSPS) is 18.3. The van der Waals surface area contributed by atoms with Crippen LogP contribution in [0.15, 0.2) is 22.7 Å². The van der Waals surface area contributed by atoms with E-state index in [2.05, 4.69) is 15.5 Å². The number of aromatic nitrogens is 2. The van der Waals surface area contributed by atoms with Gasteiger partial charge in [-0.2, -0.15) is 4.98 Å². The summed E-state index contributed by atoms with van der Waals surface area (Å²) in [5.74, 6) is 3.04. The molecule has 1 aliphatic carbocycles. The molecule has 0 radical (unpaired) electrons. The monoisotopic (exact) mass is 372 g/mol. The first-order valence-electron chi connectivity index (χ1n) is 9.15. The van der Waals surface area contributed by atoms with E-state index in [9.17, 15) is 4.79 Å². The minimum absolute atomic E-state index is 0.187. The van der Waals surface area contributed by atoms with Crippen molar-refractivity contribution < 1.29 is 18.8 Å². The quantitative estimate of drug-likeness (QED) is 0.888. The number of hydrogen-bond donors (Lipinski definition) is 1. The van der Waals surface area contributed by atoms with Gasteiger partial charge in [0.15, 0.2) is 5.82 Å². The maximum atomic E-state index is 12.7. The van der Waals surface area contributed by atoms with Crippen LogP contribution in [0.5, 0.6) is 11.5 Å². The van der Waals surface area contributed by atoms with E-state index in [1.165, 1.54) is 0 Å². The number of urea groups is 1. The Morgan fingerprint density at radius 2 is 2.22 bits per heavy atom. The minimum Gasteiger partial charge on any atom is -0.497 e. The number of rotatable bonds is 4. The zero-order valence-electron chi connectivity index (χ0n) is 15.8. The fourth-order valence-corrected chi connectivity index (χ4v) is 3.18. The van der Waals surface area contributed by atoms with E-state index in [0.717, 1.165) is 29.9 Å². The van der Waals surface area contributed by atoms with E-state index in [4.69, 9.17) is 14.0 Å². The number of nitrogens with zero attached hydrogens (tertiary/aromatic N) is 3. The van der Waals surface area contributed by atoms with Gasteiger partial charge in [0.1, 0.15) is 17.1 Å². The number of methoxy groups -OCH3 is 1. The summed E-state index contributed by atoms with van der Waals surface area (Å²) in [5, 5.41) is 6.82. The minimum atomic E-state index is -0.528. The average molecular weight is 372 g/mol. The summed E-state index contributed by atoms with van der Waals surface area (Å²) < 4.78 is 16.6. The molecule has 0 atom stereocenters. The Morgan fingerprint density at radius 3 is 2.96 bits per heavy atom. The second-order valence-corrected chi connectivity index (χ2v) is 7.67. The lowest BCUT2D eigenvalue weighted by atomic mass is 10.1. The Labute approximate surface area is 157 Å². The van der Waals surface area contributed by atoms with E-state index >= 15 is 0 Å². The molecule has 1 aromatic carbocycles. The number of amides is 2. The van der Waals surface area contributed by atoms with Crippen molar-refractivity contribution >= 4 is 6.03 Å². The maximum Gasteiger partial charge on any atom is 0.318 e. The maximum absolute atomic E-state index is 12.7. The Balaban J connectivity index is 1.45. The van der Waals surface area contributed by atoms with Gasteiger partial charge in [-0.15, -0.1) is 0 Å². The van der Waals surface area contributed by atoms with Crippen LogP contribution in [0.25, 0.3) is 0 Å². The number of carbonyl (C=O) groups is 1. The Bertz CT molecular complexity index is 844. The van der Waals surface area contributed by atoms with Crippen molar-refractivity contribution in [3.63, 3.8) is 0 Å². The fourth-order valence-electron chi connectivity index (χ4n) is 3.18.